The summed E-state index contributed by atoms with van der Waals surface area (Å²) in [5.74, 6) is -0.810. The van der Waals surface area contributed by atoms with Gasteiger partial charge in [0.15, 0.2) is 0 Å². The highest BCUT2D eigenvalue weighted by atomic mass is 16.5. The summed E-state index contributed by atoms with van der Waals surface area (Å²) in [7, 11) is 0. The number of aromatic nitrogens is 2. The Morgan fingerprint density at radius 2 is 1.66 bits per heavy atom. The van der Waals surface area contributed by atoms with Crippen molar-refractivity contribution in [3.05, 3.63) is 101 Å². The molecule has 38 heavy (non-hydrogen) atoms. The van der Waals surface area contributed by atoms with Crippen molar-refractivity contribution in [3.63, 3.8) is 0 Å². The molecular weight excluding hydrogens is 486 g/mol. The molecule has 0 saturated carbocycles. The minimum absolute atomic E-state index is 0.00643. The standard InChI is InChI=1S/C28H29N5O5/c34-26(30-17-24(27(35)36)33-28(37)38-18-20-6-2-1-3-7-20)21-12-10-19(11-13-21)16-29-15-14-25-31-22-8-4-5-9-23(22)32-25/h1-13,24,29H,14-18H2,(H,30,34)(H,31,32)(H,33,37)(H,35,36). The van der Waals surface area contributed by atoms with Gasteiger partial charge in [0, 0.05) is 31.6 Å². The van der Waals surface area contributed by atoms with Crippen LogP contribution in [-0.2, 0) is 29.1 Å². The van der Waals surface area contributed by atoms with E-state index < -0.39 is 24.0 Å². The average molecular weight is 516 g/mol. The Balaban J connectivity index is 1.18. The molecule has 1 atom stereocenters. The molecule has 196 valence electrons. The van der Waals surface area contributed by atoms with E-state index in [1.54, 1.807) is 36.4 Å². The summed E-state index contributed by atoms with van der Waals surface area (Å²) in [6.07, 6.45) is -0.124. The van der Waals surface area contributed by atoms with Gasteiger partial charge < -0.3 is 30.8 Å². The molecular formula is C28H29N5O5. The van der Waals surface area contributed by atoms with E-state index in [2.05, 4.69) is 25.9 Å². The molecule has 10 nitrogen and oxygen atoms in total. The fraction of sp³-hybridized carbons (Fsp3) is 0.214. The third-order valence-corrected chi connectivity index (χ3v) is 5.79. The Morgan fingerprint density at radius 1 is 0.921 bits per heavy atom. The number of rotatable bonds is 12. The highest BCUT2D eigenvalue weighted by Crippen LogP contribution is 2.10. The van der Waals surface area contributed by atoms with Crippen LogP contribution < -0.4 is 16.0 Å². The molecule has 0 saturated heterocycles. The lowest BCUT2D eigenvalue weighted by atomic mass is 10.1. The monoisotopic (exact) mass is 515 g/mol. The van der Waals surface area contributed by atoms with E-state index in [0.29, 0.717) is 12.1 Å². The van der Waals surface area contributed by atoms with Crippen LogP contribution in [-0.4, -0.2) is 52.2 Å². The van der Waals surface area contributed by atoms with Crippen LogP contribution in [0.1, 0.15) is 27.3 Å². The molecule has 0 bridgehead atoms. The highest BCUT2D eigenvalue weighted by molar-refractivity contribution is 5.94. The highest BCUT2D eigenvalue weighted by Gasteiger charge is 2.22. The number of amides is 2. The van der Waals surface area contributed by atoms with Gasteiger partial charge in [0.25, 0.3) is 5.91 Å². The number of ether oxygens (including phenoxy) is 1. The average Bonchev–Trinajstić information content (AvgIpc) is 3.36. The van der Waals surface area contributed by atoms with Crippen molar-refractivity contribution >= 4 is 29.0 Å². The van der Waals surface area contributed by atoms with Crippen LogP contribution in [0.4, 0.5) is 4.79 Å². The number of nitrogens with zero attached hydrogens (tertiary/aromatic N) is 1. The fourth-order valence-corrected chi connectivity index (χ4v) is 3.74. The second-order valence-corrected chi connectivity index (χ2v) is 8.63. The van der Waals surface area contributed by atoms with Crippen molar-refractivity contribution in [1.29, 1.82) is 0 Å². The number of benzene rings is 3. The number of para-hydroxylation sites is 2. The summed E-state index contributed by atoms with van der Waals surface area (Å²) in [5.41, 5.74) is 4.12. The molecule has 4 aromatic rings. The Morgan fingerprint density at radius 3 is 2.39 bits per heavy atom. The van der Waals surface area contributed by atoms with E-state index in [4.69, 9.17) is 4.74 Å². The van der Waals surface area contributed by atoms with Crippen molar-refractivity contribution in [2.45, 2.75) is 25.6 Å². The second kappa shape index (κ2) is 13.0. The van der Waals surface area contributed by atoms with Crippen LogP contribution in [0.3, 0.4) is 0 Å². The van der Waals surface area contributed by atoms with Gasteiger partial charge in [-0.2, -0.15) is 0 Å². The van der Waals surface area contributed by atoms with Crippen LogP contribution in [0.2, 0.25) is 0 Å². The van der Waals surface area contributed by atoms with Crippen molar-refractivity contribution in [3.8, 4) is 0 Å². The number of hydrogen-bond acceptors (Lipinski definition) is 6. The Bertz CT molecular complexity index is 1340. The van der Waals surface area contributed by atoms with E-state index in [1.807, 2.05) is 42.5 Å². The molecule has 5 N–H and O–H groups in total. The van der Waals surface area contributed by atoms with Gasteiger partial charge in [-0.05, 0) is 35.4 Å². The lowest BCUT2D eigenvalue weighted by molar-refractivity contribution is -0.139. The van der Waals surface area contributed by atoms with Crippen LogP contribution in [0, 0.1) is 0 Å². The van der Waals surface area contributed by atoms with Crippen molar-refractivity contribution in [2.24, 2.45) is 0 Å². The van der Waals surface area contributed by atoms with Gasteiger partial charge in [-0.25, -0.2) is 14.6 Å². The van der Waals surface area contributed by atoms with E-state index in [9.17, 15) is 19.5 Å². The first-order chi connectivity index (χ1) is 18.5. The largest absolute Gasteiger partial charge is 0.480 e. The van der Waals surface area contributed by atoms with E-state index >= 15 is 0 Å². The third-order valence-electron chi connectivity index (χ3n) is 5.79. The number of nitrogens with one attached hydrogen (secondary N) is 4. The molecule has 0 fully saturated rings. The molecule has 1 heterocycles. The summed E-state index contributed by atoms with van der Waals surface area (Å²) < 4.78 is 5.06. The number of fused-ring (bicyclic) bond motifs is 1. The van der Waals surface area contributed by atoms with Gasteiger partial charge in [-0.15, -0.1) is 0 Å². The van der Waals surface area contributed by atoms with Crippen LogP contribution >= 0.6 is 0 Å². The van der Waals surface area contributed by atoms with Crippen LogP contribution in [0.25, 0.3) is 11.0 Å². The summed E-state index contributed by atoms with van der Waals surface area (Å²) >= 11 is 0. The number of carbonyl (C=O) groups is 3. The molecule has 3 aromatic carbocycles. The number of H-pyrrole nitrogens is 1. The van der Waals surface area contributed by atoms with Gasteiger partial charge in [-0.1, -0.05) is 54.6 Å². The third kappa shape index (κ3) is 7.65. The summed E-state index contributed by atoms with van der Waals surface area (Å²) in [6, 6.07) is 22.6. The zero-order valence-corrected chi connectivity index (χ0v) is 20.6. The maximum Gasteiger partial charge on any atom is 0.408 e. The number of aromatic amines is 1. The Kier molecular flexibility index (Phi) is 9.03. The minimum atomic E-state index is -1.34. The predicted octanol–water partition coefficient (Wildman–Crippen LogP) is 3.00. The molecule has 1 aromatic heterocycles. The number of aliphatic carboxylic acids is 1. The number of carboxylic acids is 1. The van der Waals surface area contributed by atoms with Gasteiger partial charge in [0.05, 0.1) is 11.0 Å². The van der Waals surface area contributed by atoms with Crippen LogP contribution in [0.5, 0.6) is 0 Å². The number of carboxylic acid groups (broad SMARTS) is 1. The zero-order chi connectivity index (χ0) is 26.7. The lowest BCUT2D eigenvalue weighted by Crippen LogP contribution is -2.48. The molecule has 2 amide bonds. The predicted molar refractivity (Wildman–Crippen MR) is 141 cm³/mol. The van der Waals surface area contributed by atoms with Crippen molar-refractivity contribution in [1.82, 2.24) is 25.9 Å². The zero-order valence-electron chi connectivity index (χ0n) is 20.6. The molecule has 0 aliphatic heterocycles. The van der Waals surface area contributed by atoms with E-state index in [0.717, 1.165) is 41.0 Å². The molecule has 0 aliphatic rings. The first-order valence-electron chi connectivity index (χ1n) is 12.2. The first kappa shape index (κ1) is 26.4. The second-order valence-electron chi connectivity index (χ2n) is 8.63. The van der Waals surface area contributed by atoms with Gasteiger partial charge in [0.1, 0.15) is 18.5 Å². The van der Waals surface area contributed by atoms with Crippen LogP contribution in [0.15, 0.2) is 78.9 Å². The molecule has 4 rings (SSSR count). The Labute approximate surface area is 219 Å². The number of imidazole rings is 1. The maximum atomic E-state index is 12.5. The van der Waals surface area contributed by atoms with Gasteiger partial charge in [-0.3, -0.25) is 4.79 Å². The summed E-state index contributed by atoms with van der Waals surface area (Å²) in [5, 5.41) is 17.6. The van der Waals surface area contributed by atoms with Crippen molar-refractivity contribution < 1.29 is 24.2 Å². The topological polar surface area (TPSA) is 145 Å². The van der Waals surface area contributed by atoms with Gasteiger partial charge >= 0.3 is 12.1 Å². The summed E-state index contributed by atoms with van der Waals surface area (Å²) in [4.78, 5) is 43.9. The van der Waals surface area contributed by atoms with E-state index in [-0.39, 0.29) is 13.2 Å². The minimum Gasteiger partial charge on any atom is -0.480 e. The lowest BCUT2D eigenvalue weighted by Gasteiger charge is -2.15. The Hall–Kier alpha value is -4.70. The van der Waals surface area contributed by atoms with Gasteiger partial charge in [0.2, 0.25) is 0 Å². The first-order valence-corrected chi connectivity index (χ1v) is 12.2. The molecule has 0 spiro atoms. The number of carbonyl (C=O) groups excluding carboxylic acids is 2. The SMILES string of the molecule is O=C(NC(CNC(=O)c1ccc(CNCCc2nc3ccccc3[nH]2)cc1)C(=O)O)OCc1ccccc1. The quantitative estimate of drug-likeness (QED) is 0.182. The smallest absolute Gasteiger partial charge is 0.408 e. The summed E-state index contributed by atoms with van der Waals surface area (Å²) in [6.45, 7) is 1.07. The number of alkyl carbamates (subject to hydrolysis) is 1. The molecule has 10 heteroatoms. The van der Waals surface area contributed by atoms with Crippen molar-refractivity contribution in [2.75, 3.05) is 13.1 Å². The normalized spacial score (nSPS) is 11.6. The molecule has 0 aliphatic carbocycles. The fourth-order valence-electron chi connectivity index (χ4n) is 3.74. The number of hydrogen-bond donors (Lipinski definition) is 5. The maximum absolute atomic E-state index is 12.5. The molecule has 1 unspecified atom stereocenters. The molecule has 0 radical (unpaired) electrons. The van der Waals surface area contributed by atoms with E-state index in [1.165, 1.54) is 0 Å².